The summed E-state index contributed by atoms with van der Waals surface area (Å²) in [7, 11) is -3.19. The molecule has 0 saturated heterocycles. The van der Waals surface area contributed by atoms with Gasteiger partial charge in [0, 0.05) is 18.7 Å². The maximum Gasteiger partial charge on any atom is 0.251 e. The van der Waals surface area contributed by atoms with Crippen LogP contribution < -0.4 is 10.0 Å². The summed E-state index contributed by atoms with van der Waals surface area (Å²) in [5, 5.41) is 2.94. The van der Waals surface area contributed by atoms with Crippen molar-refractivity contribution in [2.45, 2.75) is 39.5 Å². The third-order valence-electron chi connectivity index (χ3n) is 4.12. The van der Waals surface area contributed by atoms with Gasteiger partial charge in [-0.2, -0.15) is 0 Å². The number of sulfonamides is 1. The Morgan fingerprint density at radius 3 is 2.29 bits per heavy atom. The van der Waals surface area contributed by atoms with Crippen LogP contribution in [-0.2, 0) is 34.3 Å². The zero-order chi connectivity index (χ0) is 20.6. The highest BCUT2D eigenvalue weighted by atomic mass is 32.2. The second kappa shape index (κ2) is 10.4. The second-order valence-electron chi connectivity index (χ2n) is 6.92. The molecule has 2 N–H and O–H groups in total. The molecule has 0 heterocycles. The summed E-state index contributed by atoms with van der Waals surface area (Å²) in [5.74, 6) is -0.152. The maximum atomic E-state index is 12.4. The molecule has 0 unspecified atom stereocenters. The molecule has 0 bridgehead atoms. The van der Waals surface area contributed by atoms with E-state index in [4.69, 9.17) is 4.74 Å². The van der Waals surface area contributed by atoms with Gasteiger partial charge in [0.1, 0.15) is 0 Å². The zero-order valence-electron chi connectivity index (χ0n) is 16.6. The van der Waals surface area contributed by atoms with Gasteiger partial charge in [-0.05, 0) is 49.1 Å². The SMILES string of the molecule is CC(C)OCc1ccccc1CNC(=O)c1ccc(CCNS(C)(=O)=O)cc1. The van der Waals surface area contributed by atoms with Crippen molar-refractivity contribution in [3.63, 3.8) is 0 Å². The Hall–Kier alpha value is -2.22. The van der Waals surface area contributed by atoms with Gasteiger partial charge in [0.2, 0.25) is 10.0 Å². The monoisotopic (exact) mass is 404 g/mol. The average molecular weight is 405 g/mol. The summed E-state index contributed by atoms with van der Waals surface area (Å²) >= 11 is 0. The van der Waals surface area contributed by atoms with Gasteiger partial charge >= 0.3 is 0 Å². The Morgan fingerprint density at radius 2 is 1.68 bits per heavy atom. The van der Waals surface area contributed by atoms with E-state index in [0.717, 1.165) is 22.9 Å². The minimum Gasteiger partial charge on any atom is -0.374 e. The first-order valence-electron chi connectivity index (χ1n) is 9.25. The molecule has 7 heteroatoms. The van der Waals surface area contributed by atoms with Gasteiger partial charge in [-0.1, -0.05) is 36.4 Å². The summed E-state index contributed by atoms with van der Waals surface area (Å²) in [6.07, 6.45) is 1.85. The summed E-state index contributed by atoms with van der Waals surface area (Å²) < 4.78 is 30.3. The molecule has 0 aliphatic heterocycles. The summed E-state index contributed by atoms with van der Waals surface area (Å²) in [5.41, 5.74) is 3.62. The molecular formula is C21H28N2O4S. The van der Waals surface area contributed by atoms with Crippen LogP contribution >= 0.6 is 0 Å². The minimum absolute atomic E-state index is 0.147. The van der Waals surface area contributed by atoms with Gasteiger partial charge in [0.05, 0.1) is 19.0 Å². The molecule has 0 radical (unpaired) electrons. The quantitative estimate of drug-likeness (QED) is 0.638. The van der Waals surface area contributed by atoms with E-state index in [9.17, 15) is 13.2 Å². The van der Waals surface area contributed by atoms with E-state index in [1.54, 1.807) is 12.1 Å². The molecular weight excluding hydrogens is 376 g/mol. The molecule has 2 aromatic rings. The molecule has 0 atom stereocenters. The van der Waals surface area contributed by atoms with Crippen LogP contribution in [0.3, 0.4) is 0 Å². The van der Waals surface area contributed by atoms with Crippen LogP contribution in [0.15, 0.2) is 48.5 Å². The highest BCUT2D eigenvalue weighted by molar-refractivity contribution is 7.88. The van der Waals surface area contributed by atoms with Gasteiger partial charge in [-0.15, -0.1) is 0 Å². The smallest absolute Gasteiger partial charge is 0.251 e. The van der Waals surface area contributed by atoms with E-state index in [-0.39, 0.29) is 12.0 Å². The molecule has 0 spiro atoms. The van der Waals surface area contributed by atoms with Gasteiger partial charge in [-0.25, -0.2) is 13.1 Å². The van der Waals surface area contributed by atoms with Crippen LogP contribution in [0, 0.1) is 0 Å². The van der Waals surface area contributed by atoms with Crippen molar-refractivity contribution in [1.29, 1.82) is 0 Å². The molecule has 6 nitrogen and oxygen atoms in total. The lowest BCUT2D eigenvalue weighted by Gasteiger charge is -2.13. The summed E-state index contributed by atoms with van der Waals surface area (Å²) in [6, 6.07) is 15.1. The molecule has 1 amide bonds. The molecule has 2 aromatic carbocycles. The Morgan fingerprint density at radius 1 is 1.04 bits per heavy atom. The van der Waals surface area contributed by atoms with Gasteiger partial charge in [-0.3, -0.25) is 4.79 Å². The number of ether oxygens (including phenoxy) is 1. The third-order valence-corrected chi connectivity index (χ3v) is 4.85. The summed E-state index contributed by atoms with van der Waals surface area (Å²) in [6.45, 7) is 5.26. The molecule has 0 aliphatic carbocycles. The van der Waals surface area contributed by atoms with Gasteiger partial charge < -0.3 is 10.1 Å². The Bertz CT molecular complexity index is 878. The third kappa shape index (κ3) is 7.80. The van der Waals surface area contributed by atoms with Crippen molar-refractivity contribution in [2.75, 3.05) is 12.8 Å². The van der Waals surface area contributed by atoms with Crippen LogP contribution in [0.25, 0.3) is 0 Å². The van der Waals surface area contributed by atoms with Crippen LogP contribution in [0.1, 0.15) is 40.9 Å². The number of amides is 1. The molecule has 0 aliphatic rings. The van der Waals surface area contributed by atoms with Crippen molar-refractivity contribution in [3.05, 3.63) is 70.8 Å². The number of hydrogen-bond acceptors (Lipinski definition) is 4. The number of carbonyl (C=O) groups is 1. The minimum atomic E-state index is -3.19. The first-order valence-corrected chi connectivity index (χ1v) is 11.1. The summed E-state index contributed by atoms with van der Waals surface area (Å²) in [4.78, 5) is 12.4. The number of rotatable bonds is 10. The van der Waals surface area contributed by atoms with Crippen molar-refractivity contribution < 1.29 is 17.9 Å². The topological polar surface area (TPSA) is 84.5 Å². The van der Waals surface area contributed by atoms with E-state index < -0.39 is 10.0 Å². The molecule has 0 aromatic heterocycles. The predicted molar refractivity (Wildman–Crippen MR) is 111 cm³/mol. The Labute approximate surface area is 167 Å². The fraction of sp³-hybridized carbons (Fsp3) is 0.381. The van der Waals surface area contributed by atoms with Crippen molar-refractivity contribution in [1.82, 2.24) is 10.0 Å². The Kier molecular flexibility index (Phi) is 8.17. The molecule has 0 saturated carbocycles. The highest BCUT2D eigenvalue weighted by Crippen LogP contribution is 2.12. The first kappa shape index (κ1) is 22.1. The standard InChI is InChI=1S/C21H28N2O4S/c1-16(2)27-15-20-7-5-4-6-19(20)14-22-21(24)18-10-8-17(9-11-18)12-13-23-28(3,25)26/h4-11,16,23H,12-15H2,1-3H3,(H,22,24). The maximum absolute atomic E-state index is 12.4. The molecule has 2 rings (SSSR count). The van der Waals surface area contributed by atoms with E-state index in [1.807, 2.05) is 50.2 Å². The normalized spacial score (nSPS) is 11.6. The van der Waals surface area contributed by atoms with Crippen LogP contribution in [0.4, 0.5) is 0 Å². The number of benzene rings is 2. The predicted octanol–water partition coefficient (Wildman–Crippen LogP) is 2.63. The van der Waals surface area contributed by atoms with Gasteiger partial charge in [0.25, 0.3) is 5.91 Å². The largest absolute Gasteiger partial charge is 0.374 e. The average Bonchev–Trinajstić information content (AvgIpc) is 2.64. The lowest BCUT2D eigenvalue weighted by Crippen LogP contribution is -2.24. The molecule has 28 heavy (non-hydrogen) atoms. The fourth-order valence-corrected chi connectivity index (χ4v) is 3.08. The van der Waals surface area contributed by atoms with E-state index >= 15 is 0 Å². The lowest BCUT2D eigenvalue weighted by molar-refractivity contribution is 0.0651. The first-order chi connectivity index (χ1) is 13.2. The fourth-order valence-electron chi connectivity index (χ4n) is 2.61. The van der Waals surface area contributed by atoms with Crippen molar-refractivity contribution in [2.24, 2.45) is 0 Å². The number of hydrogen-bond donors (Lipinski definition) is 2. The van der Waals surface area contributed by atoms with Gasteiger partial charge in [0.15, 0.2) is 0 Å². The molecule has 152 valence electrons. The highest BCUT2D eigenvalue weighted by Gasteiger charge is 2.08. The van der Waals surface area contributed by atoms with Crippen LogP contribution in [-0.4, -0.2) is 33.2 Å². The Balaban J connectivity index is 1.90. The lowest BCUT2D eigenvalue weighted by atomic mass is 10.1. The van der Waals surface area contributed by atoms with Crippen LogP contribution in [0.5, 0.6) is 0 Å². The number of carbonyl (C=O) groups excluding carboxylic acids is 1. The van der Waals surface area contributed by atoms with Crippen LogP contribution in [0.2, 0.25) is 0 Å². The zero-order valence-corrected chi connectivity index (χ0v) is 17.4. The molecule has 0 fully saturated rings. The van der Waals surface area contributed by atoms with E-state index in [1.165, 1.54) is 0 Å². The van der Waals surface area contributed by atoms with E-state index in [2.05, 4.69) is 10.0 Å². The van der Waals surface area contributed by atoms with Crippen molar-refractivity contribution >= 4 is 15.9 Å². The van der Waals surface area contributed by atoms with E-state index in [0.29, 0.717) is 31.7 Å². The second-order valence-corrected chi connectivity index (χ2v) is 8.76. The number of nitrogens with one attached hydrogen (secondary N) is 2. The van der Waals surface area contributed by atoms with Crippen molar-refractivity contribution in [3.8, 4) is 0 Å².